The molecule has 7 heteroatoms. The molecule has 1 saturated heterocycles. The standard InChI is InChI=1S/C26H28N6O/c33-23(20-7-3-1-4-8-20)19-32-17-13-26(14-18-32,29-22-9-5-2-6-10-22)25-28-24(30-31-25)21-11-15-27-16-12-21/h1-12,15-16,23,29,33H,13-14,17-19H2,(H,28,30,31). The number of H-pyrrole nitrogens is 1. The third-order valence-corrected chi connectivity index (χ3v) is 6.36. The van der Waals surface area contributed by atoms with Crippen molar-refractivity contribution in [1.29, 1.82) is 0 Å². The average molecular weight is 441 g/mol. The molecule has 1 aliphatic heterocycles. The van der Waals surface area contributed by atoms with E-state index in [1.165, 1.54) is 0 Å². The minimum Gasteiger partial charge on any atom is -0.387 e. The van der Waals surface area contributed by atoms with E-state index in [1.807, 2.05) is 60.7 Å². The maximum absolute atomic E-state index is 10.7. The number of benzene rings is 2. The van der Waals surface area contributed by atoms with Crippen LogP contribution in [-0.2, 0) is 5.54 Å². The molecule has 0 amide bonds. The summed E-state index contributed by atoms with van der Waals surface area (Å²) >= 11 is 0. The van der Waals surface area contributed by atoms with E-state index in [9.17, 15) is 5.11 Å². The number of hydrogen-bond donors (Lipinski definition) is 3. The molecule has 5 rings (SSSR count). The van der Waals surface area contributed by atoms with Crippen LogP contribution in [-0.4, -0.2) is 49.8 Å². The molecule has 4 aromatic rings. The maximum atomic E-state index is 10.7. The maximum Gasteiger partial charge on any atom is 0.181 e. The molecule has 1 unspecified atom stereocenters. The highest BCUT2D eigenvalue weighted by Crippen LogP contribution is 2.36. The Morgan fingerprint density at radius 3 is 2.30 bits per heavy atom. The molecular weight excluding hydrogens is 412 g/mol. The summed E-state index contributed by atoms with van der Waals surface area (Å²) in [4.78, 5) is 11.3. The lowest BCUT2D eigenvalue weighted by atomic mass is 9.86. The quantitative estimate of drug-likeness (QED) is 0.402. The van der Waals surface area contributed by atoms with Crippen LogP contribution in [0.5, 0.6) is 0 Å². The molecule has 0 saturated carbocycles. The first-order valence-electron chi connectivity index (χ1n) is 11.3. The fourth-order valence-corrected chi connectivity index (χ4v) is 4.47. The summed E-state index contributed by atoms with van der Waals surface area (Å²) < 4.78 is 0. The van der Waals surface area contributed by atoms with Crippen LogP contribution < -0.4 is 5.32 Å². The summed E-state index contributed by atoms with van der Waals surface area (Å²) in [5, 5.41) is 22.1. The zero-order valence-electron chi connectivity index (χ0n) is 18.4. The second kappa shape index (κ2) is 9.52. The molecule has 0 radical (unpaired) electrons. The molecule has 7 nitrogen and oxygen atoms in total. The van der Waals surface area contributed by atoms with Crippen molar-refractivity contribution in [2.24, 2.45) is 0 Å². The molecule has 3 heterocycles. The number of likely N-dealkylation sites (tertiary alicyclic amines) is 1. The molecule has 168 valence electrons. The van der Waals surface area contributed by atoms with E-state index >= 15 is 0 Å². The molecule has 1 aliphatic rings. The summed E-state index contributed by atoms with van der Waals surface area (Å²) in [6.07, 6.45) is 4.69. The van der Waals surface area contributed by atoms with E-state index in [0.29, 0.717) is 12.4 Å². The highest BCUT2D eigenvalue weighted by atomic mass is 16.3. The first-order chi connectivity index (χ1) is 16.2. The van der Waals surface area contributed by atoms with Gasteiger partial charge in [0.15, 0.2) is 11.6 Å². The number of para-hydroxylation sites is 1. The number of anilines is 1. The highest BCUT2D eigenvalue weighted by molar-refractivity contribution is 5.54. The van der Waals surface area contributed by atoms with E-state index < -0.39 is 6.10 Å². The van der Waals surface area contributed by atoms with Gasteiger partial charge < -0.3 is 15.3 Å². The summed E-state index contributed by atoms with van der Waals surface area (Å²) in [6.45, 7) is 2.30. The van der Waals surface area contributed by atoms with Crippen molar-refractivity contribution in [2.45, 2.75) is 24.5 Å². The normalized spacial score (nSPS) is 16.9. The number of aromatic amines is 1. The largest absolute Gasteiger partial charge is 0.387 e. The van der Waals surface area contributed by atoms with Crippen molar-refractivity contribution < 1.29 is 5.11 Å². The fraction of sp³-hybridized carbons (Fsp3) is 0.269. The van der Waals surface area contributed by atoms with Crippen LogP contribution >= 0.6 is 0 Å². The zero-order valence-corrected chi connectivity index (χ0v) is 18.4. The summed E-state index contributed by atoms with van der Waals surface area (Å²) in [5.41, 5.74) is 2.57. The molecule has 0 bridgehead atoms. The van der Waals surface area contributed by atoms with E-state index in [0.717, 1.165) is 48.6 Å². The van der Waals surface area contributed by atoms with Crippen molar-refractivity contribution in [1.82, 2.24) is 25.1 Å². The average Bonchev–Trinajstić information content (AvgIpc) is 3.38. The van der Waals surface area contributed by atoms with Crippen LogP contribution in [0.15, 0.2) is 85.2 Å². The Hall–Kier alpha value is -3.55. The predicted octanol–water partition coefficient (Wildman–Crippen LogP) is 4.00. The number of pyridine rings is 1. The van der Waals surface area contributed by atoms with E-state index in [1.54, 1.807) is 12.4 Å². The Morgan fingerprint density at radius 1 is 0.939 bits per heavy atom. The molecule has 2 aromatic heterocycles. The number of aliphatic hydroxyl groups is 1. The van der Waals surface area contributed by atoms with Gasteiger partial charge in [-0.2, -0.15) is 5.10 Å². The van der Waals surface area contributed by atoms with E-state index in [2.05, 4.69) is 37.5 Å². The number of rotatable bonds is 7. The van der Waals surface area contributed by atoms with Gasteiger partial charge in [-0.3, -0.25) is 10.1 Å². The van der Waals surface area contributed by atoms with Crippen LogP contribution in [0.4, 0.5) is 5.69 Å². The smallest absolute Gasteiger partial charge is 0.181 e. The Kier molecular flexibility index (Phi) is 6.15. The minimum absolute atomic E-state index is 0.367. The number of piperidine rings is 1. The number of β-amino-alcohol motifs (C(OH)–C–C–N with tert-alkyl or cyclic N) is 1. The van der Waals surface area contributed by atoms with Gasteiger partial charge in [0.05, 0.1) is 11.6 Å². The van der Waals surface area contributed by atoms with Crippen LogP contribution in [0.3, 0.4) is 0 Å². The van der Waals surface area contributed by atoms with Crippen LogP contribution in [0.1, 0.15) is 30.3 Å². The molecule has 1 fully saturated rings. The van der Waals surface area contributed by atoms with E-state index in [4.69, 9.17) is 4.98 Å². The number of nitrogens with zero attached hydrogens (tertiary/aromatic N) is 4. The molecule has 2 aromatic carbocycles. The van der Waals surface area contributed by atoms with Crippen molar-refractivity contribution in [2.75, 3.05) is 25.0 Å². The molecular formula is C26H28N6O. The second-order valence-corrected chi connectivity index (χ2v) is 8.54. The van der Waals surface area contributed by atoms with Crippen LogP contribution in [0.25, 0.3) is 11.4 Å². The van der Waals surface area contributed by atoms with Gasteiger partial charge in [-0.25, -0.2) is 4.98 Å². The zero-order chi connectivity index (χ0) is 22.5. The van der Waals surface area contributed by atoms with Gasteiger partial charge in [0.1, 0.15) is 0 Å². The van der Waals surface area contributed by atoms with E-state index in [-0.39, 0.29) is 5.54 Å². The Labute approximate surface area is 193 Å². The number of hydrogen-bond acceptors (Lipinski definition) is 6. The van der Waals surface area contributed by atoms with Gasteiger partial charge in [-0.15, -0.1) is 0 Å². The third-order valence-electron chi connectivity index (χ3n) is 6.36. The molecule has 3 N–H and O–H groups in total. The fourth-order valence-electron chi connectivity index (χ4n) is 4.47. The van der Waals surface area contributed by atoms with Gasteiger partial charge in [-0.1, -0.05) is 48.5 Å². The van der Waals surface area contributed by atoms with Crippen molar-refractivity contribution in [3.63, 3.8) is 0 Å². The number of aromatic nitrogens is 4. The first-order valence-corrected chi connectivity index (χ1v) is 11.3. The van der Waals surface area contributed by atoms with Gasteiger partial charge >= 0.3 is 0 Å². The highest BCUT2D eigenvalue weighted by Gasteiger charge is 2.39. The lowest BCUT2D eigenvalue weighted by molar-refractivity contribution is 0.0844. The predicted molar refractivity (Wildman–Crippen MR) is 128 cm³/mol. The molecule has 0 spiro atoms. The molecule has 0 aliphatic carbocycles. The van der Waals surface area contributed by atoms with Gasteiger partial charge in [0.25, 0.3) is 0 Å². The Bertz CT molecular complexity index is 1140. The topological polar surface area (TPSA) is 90.0 Å². The van der Waals surface area contributed by atoms with Crippen molar-refractivity contribution in [3.8, 4) is 11.4 Å². The summed E-state index contributed by atoms with van der Waals surface area (Å²) in [5.74, 6) is 1.50. The van der Waals surface area contributed by atoms with Gasteiger partial charge in [-0.05, 0) is 42.7 Å². The van der Waals surface area contributed by atoms with Gasteiger partial charge in [0, 0.05) is 43.3 Å². The lowest BCUT2D eigenvalue weighted by Gasteiger charge is -2.42. The third kappa shape index (κ3) is 4.79. The van der Waals surface area contributed by atoms with Crippen molar-refractivity contribution >= 4 is 5.69 Å². The van der Waals surface area contributed by atoms with Crippen LogP contribution in [0, 0.1) is 0 Å². The number of nitrogens with one attached hydrogen (secondary N) is 2. The summed E-state index contributed by atoms with van der Waals surface area (Å²) in [6, 6.07) is 23.9. The Morgan fingerprint density at radius 2 is 1.61 bits per heavy atom. The first kappa shape index (κ1) is 21.3. The molecule has 1 atom stereocenters. The second-order valence-electron chi connectivity index (χ2n) is 8.54. The van der Waals surface area contributed by atoms with Crippen molar-refractivity contribution in [3.05, 3.63) is 96.6 Å². The molecule has 33 heavy (non-hydrogen) atoms. The van der Waals surface area contributed by atoms with Gasteiger partial charge in [0.2, 0.25) is 0 Å². The minimum atomic E-state index is -0.496. The Balaban J connectivity index is 1.36. The SMILES string of the molecule is OC(CN1CCC(Nc2ccccc2)(c2nc(-c3ccncc3)n[nH]2)CC1)c1ccccc1. The lowest BCUT2D eigenvalue weighted by Crippen LogP contribution is -2.48. The van der Waals surface area contributed by atoms with Crippen LogP contribution in [0.2, 0.25) is 0 Å². The monoisotopic (exact) mass is 440 g/mol. The summed E-state index contributed by atoms with van der Waals surface area (Å²) in [7, 11) is 0. The number of aliphatic hydroxyl groups excluding tert-OH is 1.